The fourth-order valence-electron chi connectivity index (χ4n) is 1.86. The van der Waals surface area contributed by atoms with E-state index in [9.17, 15) is 14.4 Å². The first-order valence-electron chi connectivity index (χ1n) is 6.60. The van der Waals surface area contributed by atoms with Gasteiger partial charge < -0.3 is 10.3 Å². The van der Waals surface area contributed by atoms with Crippen LogP contribution in [0.25, 0.3) is 0 Å². The Bertz CT molecular complexity index is 753. The zero-order valence-corrected chi connectivity index (χ0v) is 12.6. The number of anilines is 1. The first-order chi connectivity index (χ1) is 10.4. The molecule has 1 heterocycles. The predicted molar refractivity (Wildman–Crippen MR) is 83.2 cm³/mol. The number of H-pyrrole nitrogens is 1. The normalized spacial score (nSPS) is 10.3. The minimum absolute atomic E-state index is 0.00892. The molecule has 0 spiro atoms. The first-order valence-corrected chi connectivity index (χ1v) is 6.98. The summed E-state index contributed by atoms with van der Waals surface area (Å²) in [7, 11) is 0. The third-order valence-electron chi connectivity index (χ3n) is 2.87. The molecule has 0 radical (unpaired) electrons. The lowest BCUT2D eigenvalue weighted by atomic mass is 10.1. The number of hydrogen-bond donors (Lipinski definition) is 2. The van der Waals surface area contributed by atoms with Crippen molar-refractivity contribution in [1.29, 1.82) is 0 Å². The van der Waals surface area contributed by atoms with Gasteiger partial charge in [0.05, 0.1) is 0 Å². The molecule has 1 aromatic carbocycles. The van der Waals surface area contributed by atoms with Gasteiger partial charge in [-0.3, -0.25) is 14.4 Å². The van der Waals surface area contributed by atoms with Crippen LogP contribution in [0.2, 0.25) is 5.02 Å². The number of ketones is 1. The number of halogens is 1. The van der Waals surface area contributed by atoms with Gasteiger partial charge in [0.2, 0.25) is 5.91 Å². The molecule has 7 heteroatoms. The molecule has 2 N–H and O–H groups in total. The molecule has 0 unspecified atom stereocenters. The molecule has 0 fully saturated rings. The summed E-state index contributed by atoms with van der Waals surface area (Å²) >= 11 is 5.75. The van der Waals surface area contributed by atoms with Crippen molar-refractivity contribution < 1.29 is 9.59 Å². The van der Waals surface area contributed by atoms with Gasteiger partial charge in [0, 0.05) is 29.5 Å². The fourth-order valence-corrected chi connectivity index (χ4v) is 1.98. The van der Waals surface area contributed by atoms with E-state index in [-0.39, 0.29) is 35.9 Å². The highest BCUT2D eigenvalue weighted by Gasteiger charge is 2.10. The van der Waals surface area contributed by atoms with Gasteiger partial charge in [0.15, 0.2) is 5.78 Å². The number of nitrogens with one attached hydrogen (secondary N) is 2. The molecule has 6 nitrogen and oxygen atoms in total. The van der Waals surface area contributed by atoms with Crippen LogP contribution in [0.15, 0.2) is 35.1 Å². The zero-order valence-electron chi connectivity index (χ0n) is 11.9. The number of aromatic nitrogens is 2. The number of hydrogen-bond acceptors (Lipinski definition) is 4. The molecule has 22 heavy (non-hydrogen) atoms. The summed E-state index contributed by atoms with van der Waals surface area (Å²) in [5, 5.41) is 3.04. The molecule has 0 aliphatic rings. The highest BCUT2D eigenvalue weighted by molar-refractivity contribution is 6.30. The van der Waals surface area contributed by atoms with Crippen LogP contribution in [0.3, 0.4) is 0 Å². The number of rotatable bonds is 5. The van der Waals surface area contributed by atoms with Crippen molar-refractivity contribution in [3.8, 4) is 0 Å². The minimum atomic E-state index is -0.375. The highest BCUT2D eigenvalue weighted by Crippen LogP contribution is 2.12. The van der Waals surface area contributed by atoms with Crippen LogP contribution in [0.5, 0.6) is 0 Å². The largest absolute Gasteiger partial charge is 0.311 e. The monoisotopic (exact) mass is 319 g/mol. The van der Waals surface area contributed by atoms with E-state index in [2.05, 4.69) is 15.3 Å². The number of aryl methyl sites for hydroxylation is 1. The van der Waals surface area contributed by atoms with E-state index in [1.807, 2.05) is 0 Å². The summed E-state index contributed by atoms with van der Waals surface area (Å²) in [4.78, 5) is 41.4. The quantitative estimate of drug-likeness (QED) is 0.827. The van der Waals surface area contributed by atoms with Crippen LogP contribution in [0.4, 0.5) is 5.82 Å². The third-order valence-corrected chi connectivity index (χ3v) is 3.12. The van der Waals surface area contributed by atoms with Gasteiger partial charge in [0.25, 0.3) is 5.56 Å². The van der Waals surface area contributed by atoms with Gasteiger partial charge in [-0.15, -0.1) is 0 Å². The van der Waals surface area contributed by atoms with E-state index in [0.29, 0.717) is 16.4 Å². The van der Waals surface area contributed by atoms with E-state index < -0.39 is 0 Å². The van der Waals surface area contributed by atoms with E-state index in [1.165, 1.54) is 6.07 Å². The molecule has 1 amide bonds. The molecule has 0 aliphatic carbocycles. The van der Waals surface area contributed by atoms with Crippen LogP contribution in [-0.4, -0.2) is 21.7 Å². The zero-order chi connectivity index (χ0) is 16.1. The van der Waals surface area contributed by atoms with Gasteiger partial charge >= 0.3 is 0 Å². The van der Waals surface area contributed by atoms with Gasteiger partial charge in [-0.2, -0.15) is 0 Å². The Hall–Kier alpha value is -2.47. The number of carbonyl (C=O) groups excluding carboxylic acids is 2. The number of Topliss-reactive ketones (excluding diaryl/α,β-unsaturated/α-hetero) is 1. The summed E-state index contributed by atoms with van der Waals surface area (Å²) in [6.07, 6.45) is 0.0740. The molecule has 114 valence electrons. The minimum Gasteiger partial charge on any atom is -0.311 e. The average Bonchev–Trinajstić information content (AvgIpc) is 2.44. The molecule has 0 atom stereocenters. The van der Waals surface area contributed by atoms with Gasteiger partial charge in [-0.05, 0) is 31.2 Å². The molecular formula is C15H14ClN3O3. The lowest BCUT2D eigenvalue weighted by molar-refractivity contribution is -0.116. The van der Waals surface area contributed by atoms with Crippen molar-refractivity contribution in [3.05, 3.63) is 57.1 Å². The summed E-state index contributed by atoms with van der Waals surface area (Å²) in [5.41, 5.74) is 0.155. The van der Waals surface area contributed by atoms with E-state index in [1.54, 1.807) is 31.2 Å². The maximum atomic E-state index is 11.9. The Morgan fingerprint density at radius 3 is 2.55 bits per heavy atom. The molecule has 0 bridgehead atoms. The average molecular weight is 320 g/mol. The molecule has 2 rings (SSSR count). The Morgan fingerprint density at radius 2 is 1.91 bits per heavy atom. The summed E-state index contributed by atoms with van der Waals surface area (Å²) in [6.45, 7) is 1.61. The predicted octanol–water partition coefficient (Wildman–Crippen LogP) is 2.33. The molecule has 1 aromatic heterocycles. The van der Waals surface area contributed by atoms with Crippen LogP contribution in [-0.2, 0) is 4.79 Å². The molecule has 0 aliphatic heterocycles. The Morgan fingerprint density at radius 1 is 1.23 bits per heavy atom. The second-order valence-electron chi connectivity index (χ2n) is 4.69. The van der Waals surface area contributed by atoms with E-state index in [0.717, 1.165) is 0 Å². The van der Waals surface area contributed by atoms with Crippen molar-refractivity contribution in [2.45, 2.75) is 19.8 Å². The van der Waals surface area contributed by atoms with Crippen LogP contribution in [0, 0.1) is 6.92 Å². The second-order valence-corrected chi connectivity index (χ2v) is 5.13. The Kier molecular flexibility index (Phi) is 5.06. The maximum Gasteiger partial charge on any atom is 0.252 e. The molecule has 0 saturated carbocycles. The maximum absolute atomic E-state index is 11.9. The van der Waals surface area contributed by atoms with Crippen molar-refractivity contribution in [1.82, 2.24) is 9.97 Å². The van der Waals surface area contributed by atoms with Crippen molar-refractivity contribution in [2.75, 3.05) is 5.32 Å². The summed E-state index contributed by atoms with van der Waals surface area (Å²) < 4.78 is 0. The van der Waals surface area contributed by atoms with Crippen molar-refractivity contribution in [2.24, 2.45) is 0 Å². The van der Waals surface area contributed by atoms with Crippen LogP contribution in [0.1, 0.15) is 29.0 Å². The lowest BCUT2D eigenvalue weighted by Gasteiger charge is -2.05. The fraction of sp³-hybridized carbons (Fsp3) is 0.200. The van der Waals surface area contributed by atoms with Gasteiger partial charge in [0.1, 0.15) is 11.6 Å². The summed E-state index contributed by atoms with van der Waals surface area (Å²) in [5.74, 6) is 0.0481. The topological polar surface area (TPSA) is 91.9 Å². The number of aromatic amines is 1. The number of nitrogens with zero attached hydrogens (tertiary/aromatic N) is 1. The van der Waals surface area contributed by atoms with E-state index >= 15 is 0 Å². The molecule has 2 aromatic rings. The molecular weight excluding hydrogens is 306 g/mol. The first kappa shape index (κ1) is 15.9. The second kappa shape index (κ2) is 7.00. The molecule has 0 saturated heterocycles. The van der Waals surface area contributed by atoms with Crippen LogP contribution >= 0.6 is 11.6 Å². The summed E-state index contributed by atoms with van der Waals surface area (Å²) in [6, 6.07) is 7.66. The van der Waals surface area contributed by atoms with Crippen molar-refractivity contribution in [3.63, 3.8) is 0 Å². The smallest absolute Gasteiger partial charge is 0.252 e. The number of carbonyl (C=O) groups is 2. The van der Waals surface area contributed by atoms with Gasteiger partial charge in [-0.1, -0.05) is 11.6 Å². The van der Waals surface area contributed by atoms with Crippen molar-refractivity contribution >= 4 is 29.1 Å². The number of benzene rings is 1. The standard InChI is InChI=1S/C15H14ClN3O3/c1-9-17-13(8-15(22)18-9)19-14(21)7-6-12(20)10-2-4-11(16)5-3-10/h2-5,8H,6-7H2,1H3,(H2,17,18,19,21,22). The van der Waals surface area contributed by atoms with Crippen LogP contribution < -0.4 is 10.9 Å². The number of amides is 1. The van der Waals surface area contributed by atoms with E-state index in [4.69, 9.17) is 11.6 Å². The highest BCUT2D eigenvalue weighted by atomic mass is 35.5. The Labute approximate surface area is 131 Å². The Balaban J connectivity index is 1.91. The van der Waals surface area contributed by atoms with Gasteiger partial charge in [-0.25, -0.2) is 4.98 Å². The SMILES string of the molecule is Cc1nc(NC(=O)CCC(=O)c2ccc(Cl)cc2)cc(=O)[nH]1. The lowest BCUT2D eigenvalue weighted by Crippen LogP contribution is -2.17. The third kappa shape index (κ3) is 4.53.